The molecule has 6 rings (SSSR count). The number of aromatic nitrogens is 4. The van der Waals surface area contributed by atoms with Crippen molar-refractivity contribution in [3.05, 3.63) is 94.1 Å². The van der Waals surface area contributed by atoms with E-state index in [1.54, 1.807) is 13.2 Å². The molecule has 5 heterocycles. The average Bonchev–Trinajstić information content (AvgIpc) is 3.60. The maximum absolute atomic E-state index is 13.4. The highest BCUT2D eigenvalue weighted by atomic mass is 35.5. The van der Waals surface area contributed by atoms with Gasteiger partial charge in [-0.05, 0) is 97.4 Å². The molecule has 0 saturated carbocycles. The highest BCUT2D eigenvalue weighted by Gasteiger charge is 2.44. The van der Waals surface area contributed by atoms with Gasteiger partial charge >= 0.3 is 5.82 Å². The van der Waals surface area contributed by atoms with Gasteiger partial charge in [-0.15, -0.1) is 0 Å². The van der Waals surface area contributed by atoms with Crippen LogP contribution in [0.25, 0.3) is 0 Å². The number of carbonyl (C=O) groups excluding carboxylic acids is 2. The lowest BCUT2D eigenvalue weighted by Gasteiger charge is -2.30. The molecule has 19 nitrogen and oxygen atoms in total. The Kier molecular flexibility index (Phi) is 13.6. The van der Waals surface area contributed by atoms with E-state index in [2.05, 4.69) is 39.4 Å². The minimum Gasteiger partial charge on any atom is -0.495 e. The number of methoxy groups -OCH3 is 2. The predicted octanol–water partition coefficient (Wildman–Crippen LogP) is 5.78. The molecule has 1 aromatic carbocycles. The van der Waals surface area contributed by atoms with E-state index in [0.29, 0.717) is 36.0 Å². The molecule has 0 radical (unpaired) electrons. The van der Waals surface area contributed by atoms with Gasteiger partial charge in [0, 0.05) is 30.2 Å². The molecule has 0 spiro atoms. The van der Waals surface area contributed by atoms with Gasteiger partial charge in [0.2, 0.25) is 22.4 Å². The van der Waals surface area contributed by atoms with Gasteiger partial charge in [0.15, 0.2) is 18.0 Å². The van der Waals surface area contributed by atoms with Crippen molar-refractivity contribution in [1.82, 2.24) is 19.9 Å². The van der Waals surface area contributed by atoms with Crippen molar-refractivity contribution in [3.8, 4) is 5.75 Å². The fourth-order valence-electron chi connectivity index (χ4n) is 7.07. The largest absolute Gasteiger partial charge is 0.495 e. The first-order valence-electron chi connectivity index (χ1n) is 19.2. The zero-order valence-electron chi connectivity index (χ0n) is 34.9. The van der Waals surface area contributed by atoms with Gasteiger partial charge < -0.3 is 19.7 Å². The number of hydrogen-bond donors (Lipinski definition) is 4. The van der Waals surface area contributed by atoms with E-state index in [0.717, 1.165) is 53.7 Å². The van der Waals surface area contributed by atoms with Crippen molar-refractivity contribution >= 4 is 84.3 Å². The number of carbonyl (C=O) groups is 2. The van der Waals surface area contributed by atoms with Crippen molar-refractivity contribution < 1.29 is 49.6 Å². The second-order valence-corrected chi connectivity index (χ2v) is 19.0. The van der Waals surface area contributed by atoms with Crippen molar-refractivity contribution in [2.45, 2.75) is 75.1 Å². The van der Waals surface area contributed by atoms with Gasteiger partial charge in [0.05, 0.1) is 41.5 Å². The molecule has 334 valence electrons. The van der Waals surface area contributed by atoms with Crippen LogP contribution >= 0.6 is 23.2 Å². The second kappa shape index (κ2) is 18.3. The number of benzene rings is 1. The van der Waals surface area contributed by atoms with Gasteiger partial charge in [-0.25, -0.2) is 9.56 Å². The molecule has 0 saturated heterocycles. The Hall–Kier alpha value is -5.58. The van der Waals surface area contributed by atoms with Gasteiger partial charge in [-0.3, -0.25) is 24.0 Å². The molecule has 2 aromatic heterocycles. The highest BCUT2D eigenvalue weighted by molar-refractivity contribution is 7.86. The summed E-state index contributed by atoms with van der Waals surface area (Å²) in [6.07, 6.45) is 13.4. The van der Waals surface area contributed by atoms with Crippen molar-refractivity contribution in [2.75, 3.05) is 31.4 Å². The normalized spacial score (nSPS) is 17.1. The molecule has 0 aliphatic carbocycles. The van der Waals surface area contributed by atoms with Crippen LogP contribution in [0.4, 0.5) is 17.5 Å². The van der Waals surface area contributed by atoms with Crippen LogP contribution in [0.2, 0.25) is 10.6 Å². The number of hydrogen-bond acceptors (Lipinski definition) is 14. The molecule has 2 amide bonds. The predicted molar refractivity (Wildman–Crippen MR) is 233 cm³/mol. The van der Waals surface area contributed by atoms with Crippen LogP contribution in [0.3, 0.4) is 0 Å². The summed E-state index contributed by atoms with van der Waals surface area (Å²) >= 11 is 11.6. The van der Waals surface area contributed by atoms with Crippen LogP contribution < -0.4 is 19.9 Å². The molecule has 4 N–H and O–H groups in total. The third-order valence-electron chi connectivity index (χ3n) is 10.5. The van der Waals surface area contributed by atoms with E-state index in [1.807, 2.05) is 49.3 Å². The number of rotatable bonds is 16. The second-order valence-electron chi connectivity index (χ2n) is 15.5. The number of halogens is 2. The van der Waals surface area contributed by atoms with Crippen LogP contribution in [-0.4, -0.2) is 89.9 Å². The number of unbranched alkanes of at least 4 members (excludes halogenated alkanes) is 2. The van der Waals surface area contributed by atoms with Crippen LogP contribution in [-0.2, 0) is 46.5 Å². The molecular weight excluding hydrogens is 902 g/mol. The fraction of sp³-hybridized carbons (Fsp3) is 0.350. The number of nitrogens with zero attached hydrogens (tertiary/aromatic N) is 7. The summed E-state index contributed by atoms with van der Waals surface area (Å²) in [5, 5.41) is 4.67. The highest BCUT2D eigenvalue weighted by Crippen LogP contribution is 2.45. The Morgan fingerprint density at radius 1 is 0.889 bits per heavy atom. The molecule has 0 unspecified atom stereocenters. The molecular formula is C40H44Cl2N9O10S2+. The Balaban J connectivity index is 1.18. The molecule has 0 bridgehead atoms. The van der Waals surface area contributed by atoms with E-state index < -0.39 is 59.0 Å². The number of ether oxygens (including phenoxy) is 2. The third-order valence-corrected chi connectivity index (χ3v) is 12.6. The van der Waals surface area contributed by atoms with Crippen LogP contribution in [0, 0.1) is 5.41 Å². The summed E-state index contributed by atoms with van der Waals surface area (Å²) in [6, 6.07) is 4.06. The fourth-order valence-corrected chi connectivity index (χ4v) is 8.56. The zero-order valence-corrected chi connectivity index (χ0v) is 38.0. The quantitative estimate of drug-likeness (QED) is 0.0755. The van der Waals surface area contributed by atoms with E-state index in [1.165, 1.54) is 17.9 Å². The molecule has 23 heteroatoms. The first kappa shape index (κ1) is 46.9. The number of fused-ring (bicyclic) bond motifs is 2. The van der Waals surface area contributed by atoms with Gasteiger partial charge in [0.1, 0.15) is 22.7 Å². The zero-order chi connectivity index (χ0) is 46.1. The van der Waals surface area contributed by atoms with Crippen molar-refractivity contribution in [3.63, 3.8) is 0 Å². The van der Waals surface area contributed by atoms with Crippen molar-refractivity contribution in [1.29, 1.82) is 0 Å². The monoisotopic (exact) mass is 944 g/mol. The summed E-state index contributed by atoms with van der Waals surface area (Å²) in [5.41, 5.74) is 1.38. The lowest BCUT2D eigenvalue weighted by Crippen LogP contribution is -2.41. The Morgan fingerprint density at radius 2 is 1.60 bits per heavy atom. The minimum atomic E-state index is -4.91. The number of aliphatic imine (C=N–C) groups is 2. The van der Waals surface area contributed by atoms with Gasteiger partial charge in [-0.1, -0.05) is 26.3 Å². The summed E-state index contributed by atoms with van der Waals surface area (Å²) in [4.78, 5) is 47.8. The molecule has 3 aliphatic rings. The summed E-state index contributed by atoms with van der Waals surface area (Å²) < 4.78 is 79.5. The minimum absolute atomic E-state index is 0.0117. The number of amidine groups is 1. The van der Waals surface area contributed by atoms with Gasteiger partial charge in [-0.2, -0.15) is 31.8 Å². The van der Waals surface area contributed by atoms with Crippen molar-refractivity contribution in [2.24, 2.45) is 15.4 Å². The molecule has 3 aromatic rings. The first-order valence-corrected chi connectivity index (χ1v) is 22.8. The van der Waals surface area contributed by atoms with Gasteiger partial charge in [0.25, 0.3) is 26.1 Å². The summed E-state index contributed by atoms with van der Waals surface area (Å²) in [5.74, 6) is 1.18. The number of anilines is 2. The molecule has 63 heavy (non-hydrogen) atoms. The number of pyridine rings is 1. The smallest absolute Gasteiger partial charge is 0.328 e. The SMILES string of the molecule is COC1=CN(CCCCCC(=O)Nc2nc(Cl)nc(Cl)n2)C2=N/C(=C\C=C\C3=Nc4c(cc(OC)c[n+]4CC(=O)Nc4cc(S(=O)(=O)O)ccc4S(=O)(=O)O)C3(C)C)C(C)(C)C2=C1. The number of allylic oxidation sites excluding steroid dienone is 5. The third kappa shape index (κ3) is 10.6. The number of amides is 2. The number of nitrogens with one attached hydrogen (secondary N) is 2. The standard InChI is InChI=1S/C40H43Cl2N9O10S2/c1-39(2)26-17-23(60-5)20-50(16-9-7-8-13-32(52)46-38-48-36(41)47-37(42)49-38)34(26)44-30(39)11-10-12-31-40(3,4)27-18-24(61-6)21-51(35(27)45-31)22-33(53)43-28-19-25(62(54,55)56)14-15-29(28)63(57,58)59/h10-12,14-15,17-21H,7-9,13,16,22H2,1-6H3,(H3-,43,46,47,48,49,52,53,54,55,56,57,58,59)/p+1. The maximum Gasteiger partial charge on any atom is 0.328 e. The van der Waals surface area contributed by atoms with Crippen LogP contribution in [0.5, 0.6) is 5.75 Å². The lowest BCUT2D eigenvalue weighted by molar-refractivity contribution is -0.671. The van der Waals surface area contributed by atoms with Crippen LogP contribution in [0.15, 0.2) is 97.8 Å². The first-order chi connectivity index (χ1) is 29.5. The van der Waals surface area contributed by atoms with Crippen LogP contribution in [0.1, 0.15) is 58.9 Å². The van der Waals surface area contributed by atoms with E-state index >= 15 is 0 Å². The van der Waals surface area contributed by atoms with E-state index in [9.17, 15) is 35.5 Å². The Labute approximate surface area is 373 Å². The summed E-state index contributed by atoms with van der Waals surface area (Å²) in [7, 11) is -6.62. The topological polar surface area (TPSA) is 256 Å². The Morgan fingerprint density at radius 3 is 2.25 bits per heavy atom. The summed E-state index contributed by atoms with van der Waals surface area (Å²) in [6.45, 7) is 8.25. The Bertz CT molecular complexity index is 2780. The average molecular weight is 946 g/mol. The molecule has 3 aliphatic heterocycles. The molecule has 0 atom stereocenters. The lowest BCUT2D eigenvalue weighted by atomic mass is 9.81. The molecule has 0 fully saturated rings. The maximum atomic E-state index is 13.4. The van der Waals surface area contributed by atoms with E-state index in [-0.39, 0.29) is 28.8 Å². The van der Waals surface area contributed by atoms with E-state index in [4.69, 9.17) is 42.7 Å².